The minimum Gasteiger partial charge on any atom is -0.493 e. The number of rotatable bonds is 9. The molecule has 1 N–H and O–H groups in total. The highest BCUT2D eigenvalue weighted by Crippen LogP contribution is 2.27. The van der Waals surface area contributed by atoms with E-state index in [1.54, 1.807) is 21.3 Å². The Morgan fingerprint density at radius 2 is 2.04 bits per heavy atom. The Kier molecular flexibility index (Phi) is 7.34. The minimum absolute atomic E-state index is 0.0394. The molecule has 1 aromatic rings. The normalized spacial score (nSPS) is 17.7. The van der Waals surface area contributed by atoms with E-state index in [2.05, 4.69) is 10.2 Å². The molecule has 0 radical (unpaired) electrons. The number of carbonyl (C=O) groups is 1. The average Bonchev–Trinajstić information content (AvgIpc) is 3.06. The van der Waals surface area contributed by atoms with E-state index < -0.39 is 0 Å². The van der Waals surface area contributed by atoms with E-state index in [0.29, 0.717) is 23.8 Å². The third-order valence-electron chi connectivity index (χ3n) is 4.38. The SMILES string of the molecule is COCCN1CC[C@H](CNC(=O)Cc2ccc(OC)c(OC)c2)C1. The second-order valence-electron chi connectivity index (χ2n) is 6.12. The fraction of sp³-hybridized carbons (Fsp3) is 0.611. The molecule has 1 saturated heterocycles. The maximum atomic E-state index is 12.2. The summed E-state index contributed by atoms with van der Waals surface area (Å²) in [5.41, 5.74) is 0.915. The summed E-state index contributed by atoms with van der Waals surface area (Å²) in [7, 11) is 4.92. The summed E-state index contributed by atoms with van der Waals surface area (Å²) in [5.74, 6) is 1.88. The first kappa shape index (κ1) is 18.5. The zero-order valence-electron chi connectivity index (χ0n) is 14.8. The number of hydrogen-bond donors (Lipinski definition) is 1. The lowest BCUT2D eigenvalue weighted by Gasteiger charge is -2.15. The highest BCUT2D eigenvalue weighted by atomic mass is 16.5. The van der Waals surface area contributed by atoms with Crippen LogP contribution in [0.1, 0.15) is 12.0 Å². The van der Waals surface area contributed by atoms with Gasteiger partial charge in [-0.05, 0) is 36.6 Å². The molecule has 0 bridgehead atoms. The Balaban J connectivity index is 1.76. The number of carbonyl (C=O) groups excluding carboxylic acids is 1. The third kappa shape index (κ3) is 5.39. The van der Waals surface area contributed by atoms with Crippen LogP contribution in [0.2, 0.25) is 0 Å². The summed E-state index contributed by atoms with van der Waals surface area (Å²) in [6, 6.07) is 5.57. The van der Waals surface area contributed by atoms with E-state index in [-0.39, 0.29) is 5.91 Å². The summed E-state index contributed by atoms with van der Waals surface area (Å²) in [6.45, 7) is 4.57. The molecule has 0 aromatic heterocycles. The molecule has 1 heterocycles. The van der Waals surface area contributed by atoms with Gasteiger partial charge in [0.05, 0.1) is 27.2 Å². The Morgan fingerprint density at radius 3 is 2.75 bits per heavy atom. The number of methoxy groups -OCH3 is 3. The van der Waals surface area contributed by atoms with Crippen molar-refractivity contribution in [3.63, 3.8) is 0 Å². The highest BCUT2D eigenvalue weighted by molar-refractivity contribution is 5.78. The second kappa shape index (κ2) is 9.49. The van der Waals surface area contributed by atoms with Gasteiger partial charge >= 0.3 is 0 Å². The minimum atomic E-state index is 0.0394. The first-order chi connectivity index (χ1) is 11.7. The predicted molar refractivity (Wildman–Crippen MR) is 92.7 cm³/mol. The summed E-state index contributed by atoms with van der Waals surface area (Å²) in [6.07, 6.45) is 1.47. The van der Waals surface area contributed by atoms with Gasteiger partial charge in [-0.3, -0.25) is 4.79 Å². The van der Waals surface area contributed by atoms with Gasteiger partial charge in [0, 0.05) is 26.7 Å². The lowest BCUT2D eigenvalue weighted by Crippen LogP contribution is -2.32. The van der Waals surface area contributed by atoms with E-state index in [1.165, 1.54) is 0 Å². The number of ether oxygens (including phenoxy) is 3. The number of nitrogens with one attached hydrogen (secondary N) is 1. The Morgan fingerprint density at radius 1 is 1.25 bits per heavy atom. The molecule has 2 rings (SSSR count). The summed E-state index contributed by atoms with van der Waals surface area (Å²) in [5, 5.41) is 3.05. The van der Waals surface area contributed by atoms with Crippen LogP contribution in [0.25, 0.3) is 0 Å². The van der Waals surface area contributed by atoms with Gasteiger partial charge in [-0.15, -0.1) is 0 Å². The van der Waals surface area contributed by atoms with Crippen LogP contribution in [0.3, 0.4) is 0 Å². The van der Waals surface area contributed by atoms with E-state index >= 15 is 0 Å². The van der Waals surface area contributed by atoms with Gasteiger partial charge in [0.25, 0.3) is 0 Å². The van der Waals surface area contributed by atoms with Crippen LogP contribution in [0, 0.1) is 5.92 Å². The monoisotopic (exact) mass is 336 g/mol. The molecule has 1 aliphatic heterocycles. The van der Waals surface area contributed by atoms with Crippen LogP contribution in [0.15, 0.2) is 18.2 Å². The highest BCUT2D eigenvalue weighted by Gasteiger charge is 2.22. The van der Waals surface area contributed by atoms with Crippen LogP contribution in [-0.4, -0.2) is 64.9 Å². The van der Waals surface area contributed by atoms with E-state index in [4.69, 9.17) is 14.2 Å². The molecule has 1 aliphatic rings. The predicted octanol–water partition coefficient (Wildman–Crippen LogP) is 1.33. The molecule has 134 valence electrons. The molecule has 6 nitrogen and oxygen atoms in total. The van der Waals surface area contributed by atoms with Crippen molar-refractivity contribution in [1.82, 2.24) is 10.2 Å². The van der Waals surface area contributed by atoms with Crippen LogP contribution >= 0.6 is 0 Å². The molecule has 0 saturated carbocycles. The molecule has 1 aromatic carbocycles. The Hall–Kier alpha value is -1.79. The van der Waals surface area contributed by atoms with Gasteiger partial charge in [0.15, 0.2) is 11.5 Å². The number of benzene rings is 1. The first-order valence-corrected chi connectivity index (χ1v) is 8.35. The third-order valence-corrected chi connectivity index (χ3v) is 4.38. The number of likely N-dealkylation sites (tertiary alicyclic amines) is 1. The lowest BCUT2D eigenvalue weighted by atomic mass is 10.1. The van der Waals surface area contributed by atoms with Crippen LogP contribution in [0.4, 0.5) is 0 Å². The molecule has 1 atom stereocenters. The quantitative estimate of drug-likeness (QED) is 0.737. The zero-order valence-corrected chi connectivity index (χ0v) is 14.8. The number of hydrogen-bond acceptors (Lipinski definition) is 5. The summed E-state index contributed by atoms with van der Waals surface area (Å²) >= 11 is 0. The van der Waals surface area contributed by atoms with Gasteiger partial charge in [-0.25, -0.2) is 0 Å². The van der Waals surface area contributed by atoms with Crippen molar-refractivity contribution in [3.05, 3.63) is 23.8 Å². The van der Waals surface area contributed by atoms with Crippen LogP contribution in [-0.2, 0) is 16.0 Å². The van der Waals surface area contributed by atoms with Crippen LogP contribution < -0.4 is 14.8 Å². The number of amides is 1. The first-order valence-electron chi connectivity index (χ1n) is 8.35. The summed E-state index contributed by atoms with van der Waals surface area (Å²) < 4.78 is 15.6. The number of nitrogens with zero attached hydrogens (tertiary/aromatic N) is 1. The van der Waals surface area contributed by atoms with Crippen molar-refractivity contribution in [1.29, 1.82) is 0 Å². The van der Waals surface area contributed by atoms with Crippen molar-refractivity contribution in [2.75, 3.05) is 54.1 Å². The fourth-order valence-corrected chi connectivity index (χ4v) is 3.00. The average molecular weight is 336 g/mol. The van der Waals surface area contributed by atoms with E-state index in [1.807, 2.05) is 18.2 Å². The largest absolute Gasteiger partial charge is 0.493 e. The smallest absolute Gasteiger partial charge is 0.224 e. The molecule has 24 heavy (non-hydrogen) atoms. The van der Waals surface area contributed by atoms with Gasteiger partial charge in [0.1, 0.15) is 0 Å². The molecule has 1 fully saturated rings. The summed E-state index contributed by atoms with van der Waals surface area (Å²) in [4.78, 5) is 14.5. The molecular weight excluding hydrogens is 308 g/mol. The Bertz CT molecular complexity index is 536. The topological polar surface area (TPSA) is 60.0 Å². The zero-order chi connectivity index (χ0) is 17.4. The van der Waals surface area contributed by atoms with E-state index in [9.17, 15) is 4.79 Å². The molecule has 0 aliphatic carbocycles. The Labute approximate surface area is 144 Å². The van der Waals surface area contributed by atoms with Gasteiger partial charge in [-0.2, -0.15) is 0 Å². The van der Waals surface area contributed by atoms with Crippen molar-refractivity contribution in [3.8, 4) is 11.5 Å². The van der Waals surface area contributed by atoms with Crippen molar-refractivity contribution < 1.29 is 19.0 Å². The van der Waals surface area contributed by atoms with Crippen molar-refractivity contribution >= 4 is 5.91 Å². The molecular formula is C18H28N2O4. The fourth-order valence-electron chi connectivity index (χ4n) is 3.00. The molecule has 1 amide bonds. The van der Waals surface area contributed by atoms with Gasteiger partial charge in [-0.1, -0.05) is 6.07 Å². The van der Waals surface area contributed by atoms with Crippen molar-refractivity contribution in [2.45, 2.75) is 12.8 Å². The van der Waals surface area contributed by atoms with Gasteiger partial charge < -0.3 is 24.4 Å². The maximum absolute atomic E-state index is 12.2. The van der Waals surface area contributed by atoms with Gasteiger partial charge in [0.2, 0.25) is 5.91 Å². The standard InChI is InChI=1S/C18H28N2O4/c1-22-9-8-20-7-6-15(13-20)12-19-18(21)11-14-4-5-16(23-2)17(10-14)24-3/h4-5,10,15H,6-9,11-13H2,1-3H3,(H,19,21)/t15-/m1/s1. The second-order valence-corrected chi connectivity index (χ2v) is 6.12. The van der Waals surface area contributed by atoms with Crippen molar-refractivity contribution in [2.24, 2.45) is 5.92 Å². The lowest BCUT2D eigenvalue weighted by molar-refractivity contribution is -0.120. The molecule has 0 spiro atoms. The van der Waals surface area contributed by atoms with E-state index in [0.717, 1.165) is 44.8 Å². The molecule has 0 unspecified atom stereocenters. The van der Waals surface area contributed by atoms with Crippen LogP contribution in [0.5, 0.6) is 11.5 Å². The molecule has 6 heteroatoms. The maximum Gasteiger partial charge on any atom is 0.224 e.